The number of hydrogen-bond donors (Lipinski definition) is 3. The predicted molar refractivity (Wildman–Crippen MR) is 68.5 cm³/mol. The maximum atomic E-state index is 11.7. The van der Waals surface area contributed by atoms with E-state index in [1.165, 1.54) is 0 Å². The van der Waals surface area contributed by atoms with Crippen LogP contribution in [0.1, 0.15) is 34.1 Å². The normalized spacial score (nSPS) is 13.2. The molecule has 0 aliphatic carbocycles. The maximum Gasteiger partial charge on any atom is 0.326 e. The Bertz CT molecular complexity index is 290. The first-order valence-electron chi connectivity index (χ1n) is 5.98. The molecule has 0 aromatic rings. The average Bonchev–Trinajstić information content (AvgIpc) is 2.14. The molecule has 6 heteroatoms. The number of nitrogens with one attached hydrogen (secondary N) is 2. The largest absolute Gasteiger partial charge is 0.480 e. The molecule has 0 aliphatic rings. The van der Waals surface area contributed by atoms with E-state index in [2.05, 4.69) is 10.6 Å². The van der Waals surface area contributed by atoms with Gasteiger partial charge in [-0.25, -0.2) is 9.59 Å². The number of carboxylic acids is 1. The lowest BCUT2D eigenvalue weighted by atomic mass is 10.0. The van der Waals surface area contributed by atoms with Crippen molar-refractivity contribution in [3.63, 3.8) is 0 Å². The number of carbonyl (C=O) groups is 2. The van der Waals surface area contributed by atoms with Crippen molar-refractivity contribution < 1.29 is 19.4 Å². The molecule has 0 rings (SSSR count). The van der Waals surface area contributed by atoms with Crippen LogP contribution in [0.5, 0.6) is 0 Å². The Hall–Kier alpha value is -1.30. The van der Waals surface area contributed by atoms with E-state index >= 15 is 0 Å². The summed E-state index contributed by atoms with van der Waals surface area (Å²) in [5, 5.41) is 14.1. The van der Waals surface area contributed by atoms with Gasteiger partial charge >= 0.3 is 12.0 Å². The highest BCUT2D eigenvalue weighted by Crippen LogP contribution is 2.06. The molecule has 2 amide bonds. The Morgan fingerprint density at radius 3 is 2.28 bits per heavy atom. The standard InChI is InChI=1S/C12H24N2O4/c1-8(2)6-9(10(15)16)13-11(17)14-12(3,4)7-18-5/h8-9H,6-7H2,1-5H3,(H,15,16)(H2,13,14,17). The van der Waals surface area contributed by atoms with Crippen molar-refractivity contribution in [2.75, 3.05) is 13.7 Å². The van der Waals surface area contributed by atoms with Crippen LogP contribution in [-0.2, 0) is 9.53 Å². The molecule has 3 N–H and O–H groups in total. The highest BCUT2D eigenvalue weighted by atomic mass is 16.5. The lowest BCUT2D eigenvalue weighted by Crippen LogP contribution is -2.54. The van der Waals surface area contributed by atoms with Gasteiger partial charge in [0.25, 0.3) is 0 Å². The molecule has 0 saturated heterocycles. The summed E-state index contributed by atoms with van der Waals surface area (Å²) in [6.45, 7) is 7.76. The number of amides is 2. The molecule has 18 heavy (non-hydrogen) atoms. The van der Waals surface area contributed by atoms with Gasteiger partial charge in [-0.3, -0.25) is 0 Å². The summed E-state index contributed by atoms with van der Waals surface area (Å²) < 4.78 is 4.97. The van der Waals surface area contributed by atoms with E-state index in [0.29, 0.717) is 13.0 Å². The monoisotopic (exact) mass is 260 g/mol. The average molecular weight is 260 g/mol. The van der Waals surface area contributed by atoms with Gasteiger partial charge < -0.3 is 20.5 Å². The van der Waals surface area contributed by atoms with Crippen LogP contribution >= 0.6 is 0 Å². The lowest BCUT2D eigenvalue weighted by molar-refractivity contribution is -0.139. The van der Waals surface area contributed by atoms with Gasteiger partial charge in [-0.2, -0.15) is 0 Å². The number of hydrogen-bond acceptors (Lipinski definition) is 3. The van der Waals surface area contributed by atoms with E-state index in [9.17, 15) is 9.59 Å². The number of carboxylic acid groups (broad SMARTS) is 1. The minimum atomic E-state index is -1.02. The molecular formula is C12H24N2O4. The fraction of sp³-hybridized carbons (Fsp3) is 0.833. The first-order valence-corrected chi connectivity index (χ1v) is 5.98. The Kier molecular flexibility index (Phi) is 6.68. The number of urea groups is 1. The van der Waals surface area contributed by atoms with Gasteiger partial charge in [-0.1, -0.05) is 13.8 Å². The predicted octanol–water partition coefficient (Wildman–Crippen LogP) is 1.21. The van der Waals surface area contributed by atoms with E-state index in [-0.39, 0.29) is 5.92 Å². The highest BCUT2D eigenvalue weighted by Gasteiger charge is 2.25. The van der Waals surface area contributed by atoms with Crippen LogP contribution in [-0.4, -0.2) is 42.4 Å². The number of carbonyl (C=O) groups excluding carboxylic acids is 1. The van der Waals surface area contributed by atoms with Crippen LogP contribution in [0.25, 0.3) is 0 Å². The van der Waals surface area contributed by atoms with Crippen LogP contribution in [0.4, 0.5) is 4.79 Å². The van der Waals surface area contributed by atoms with Crippen LogP contribution < -0.4 is 10.6 Å². The summed E-state index contributed by atoms with van der Waals surface area (Å²) in [7, 11) is 1.54. The minimum Gasteiger partial charge on any atom is -0.480 e. The Labute approximate surface area is 108 Å². The molecule has 0 heterocycles. The van der Waals surface area contributed by atoms with E-state index in [4.69, 9.17) is 9.84 Å². The smallest absolute Gasteiger partial charge is 0.326 e. The van der Waals surface area contributed by atoms with Crippen molar-refractivity contribution in [1.82, 2.24) is 10.6 Å². The molecule has 0 saturated carbocycles. The van der Waals surface area contributed by atoms with Crippen molar-refractivity contribution >= 4 is 12.0 Å². The number of ether oxygens (including phenoxy) is 1. The van der Waals surface area contributed by atoms with Gasteiger partial charge in [0.05, 0.1) is 12.1 Å². The van der Waals surface area contributed by atoms with Crippen LogP contribution in [0.2, 0.25) is 0 Å². The second-order valence-corrected chi connectivity index (χ2v) is 5.44. The third-order valence-corrected chi connectivity index (χ3v) is 2.27. The molecule has 0 spiro atoms. The van der Waals surface area contributed by atoms with Gasteiger partial charge in [0.15, 0.2) is 0 Å². The molecule has 1 atom stereocenters. The molecule has 0 bridgehead atoms. The summed E-state index contributed by atoms with van der Waals surface area (Å²) in [6.07, 6.45) is 0.396. The van der Waals surface area contributed by atoms with Crippen molar-refractivity contribution in [2.45, 2.75) is 45.7 Å². The van der Waals surface area contributed by atoms with E-state index in [0.717, 1.165) is 0 Å². The third kappa shape index (κ3) is 7.11. The molecule has 0 aromatic heterocycles. The Morgan fingerprint density at radius 1 is 1.33 bits per heavy atom. The van der Waals surface area contributed by atoms with Crippen LogP contribution in [0.3, 0.4) is 0 Å². The summed E-state index contributed by atoms with van der Waals surface area (Å²) in [5.74, 6) is -0.832. The van der Waals surface area contributed by atoms with Crippen molar-refractivity contribution in [2.24, 2.45) is 5.92 Å². The van der Waals surface area contributed by atoms with Crippen molar-refractivity contribution in [3.05, 3.63) is 0 Å². The molecule has 6 nitrogen and oxygen atoms in total. The summed E-state index contributed by atoms with van der Waals surface area (Å²) in [5.41, 5.74) is -0.542. The number of rotatable bonds is 7. The Balaban J connectivity index is 4.38. The van der Waals surface area contributed by atoms with Gasteiger partial charge in [-0.05, 0) is 26.2 Å². The summed E-state index contributed by atoms with van der Waals surface area (Å²) >= 11 is 0. The number of aliphatic carboxylic acids is 1. The van der Waals surface area contributed by atoms with E-state index in [1.54, 1.807) is 21.0 Å². The maximum absolute atomic E-state index is 11.7. The van der Waals surface area contributed by atoms with Gasteiger partial charge in [0.2, 0.25) is 0 Å². The molecule has 0 aliphatic heterocycles. The topological polar surface area (TPSA) is 87.7 Å². The SMILES string of the molecule is COCC(C)(C)NC(=O)NC(CC(C)C)C(=O)O. The first-order chi connectivity index (χ1) is 8.18. The summed E-state index contributed by atoms with van der Waals surface area (Å²) in [6, 6.07) is -1.37. The van der Waals surface area contributed by atoms with E-state index < -0.39 is 23.6 Å². The second-order valence-electron chi connectivity index (χ2n) is 5.44. The molecule has 0 fully saturated rings. The zero-order chi connectivity index (χ0) is 14.3. The van der Waals surface area contributed by atoms with Crippen molar-refractivity contribution in [3.8, 4) is 0 Å². The molecule has 1 unspecified atom stereocenters. The molecule has 0 aromatic carbocycles. The molecular weight excluding hydrogens is 236 g/mol. The highest BCUT2D eigenvalue weighted by molar-refractivity contribution is 5.82. The van der Waals surface area contributed by atoms with E-state index in [1.807, 2.05) is 13.8 Å². The Morgan fingerprint density at radius 2 is 1.89 bits per heavy atom. The van der Waals surface area contributed by atoms with Crippen LogP contribution in [0.15, 0.2) is 0 Å². The van der Waals surface area contributed by atoms with Crippen molar-refractivity contribution in [1.29, 1.82) is 0 Å². The second kappa shape index (κ2) is 7.20. The fourth-order valence-corrected chi connectivity index (χ4v) is 1.59. The molecule has 106 valence electrons. The third-order valence-electron chi connectivity index (χ3n) is 2.27. The zero-order valence-electron chi connectivity index (χ0n) is 11.7. The summed E-state index contributed by atoms with van der Waals surface area (Å²) in [4.78, 5) is 22.7. The van der Waals surface area contributed by atoms with Gasteiger partial charge in [0.1, 0.15) is 6.04 Å². The van der Waals surface area contributed by atoms with Crippen LogP contribution in [0, 0.1) is 5.92 Å². The molecule has 0 radical (unpaired) electrons. The van der Waals surface area contributed by atoms with Gasteiger partial charge in [0, 0.05) is 7.11 Å². The first kappa shape index (κ1) is 16.7. The minimum absolute atomic E-state index is 0.193. The van der Waals surface area contributed by atoms with Gasteiger partial charge in [-0.15, -0.1) is 0 Å². The zero-order valence-corrected chi connectivity index (χ0v) is 11.7. The quantitative estimate of drug-likeness (QED) is 0.642. The lowest BCUT2D eigenvalue weighted by Gasteiger charge is -2.26. The number of methoxy groups -OCH3 is 1. The fourth-order valence-electron chi connectivity index (χ4n) is 1.59.